The lowest BCUT2D eigenvalue weighted by molar-refractivity contribution is -0.128. The fourth-order valence-corrected chi connectivity index (χ4v) is 2.89. The number of amides is 2. The van der Waals surface area contributed by atoms with Gasteiger partial charge in [0.15, 0.2) is 6.10 Å². The summed E-state index contributed by atoms with van der Waals surface area (Å²) in [5.74, 6) is 0.121. The molecule has 3 rings (SSSR count). The van der Waals surface area contributed by atoms with Crippen molar-refractivity contribution in [1.29, 1.82) is 0 Å². The van der Waals surface area contributed by atoms with E-state index >= 15 is 0 Å². The molecule has 3 N–H and O–H groups in total. The fraction of sp³-hybridized carbons (Fsp3) is 0.500. The van der Waals surface area contributed by atoms with Crippen LogP contribution in [0.5, 0.6) is 5.75 Å². The van der Waals surface area contributed by atoms with Gasteiger partial charge in [0, 0.05) is 25.6 Å². The SMILES string of the molecule is CC1Oc2ccccc2N(CC(=O)NCC2CNCC2O)C1=O.Cl. The van der Waals surface area contributed by atoms with E-state index in [0.29, 0.717) is 31.1 Å². The van der Waals surface area contributed by atoms with Crippen molar-refractivity contribution in [3.8, 4) is 5.75 Å². The molecule has 0 spiro atoms. The van der Waals surface area contributed by atoms with Gasteiger partial charge in [0.25, 0.3) is 5.91 Å². The summed E-state index contributed by atoms with van der Waals surface area (Å²) < 4.78 is 5.55. The monoisotopic (exact) mass is 355 g/mol. The zero-order valence-electron chi connectivity index (χ0n) is 13.4. The maximum atomic E-state index is 12.3. The number of β-amino-alcohol motifs (C(OH)–C–C–N with tert-alkyl or cyclic N) is 1. The van der Waals surface area contributed by atoms with Crippen molar-refractivity contribution in [3.63, 3.8) is 0 Å². The molecule has 1 fully saturated rings. The van der Waals surface area contributed by atoms with Gasteiger partial charge in [-0.25, -0.2) is 0 Å². The predicted octanol–water partition coefficient (Wildman–Crippen LogP) is -0.0812. The fourth-order valence-electron chi connectivity index (χ4n) is 2.89. The van der Waals surface area contributed by atoms with Crippen LogP contribution in [0.3, 0.4) is 0 Å². The summed E-state index contributed by atoms with van der Waals surface area (Å²) in [5, 5.41) is 15.6. The van der Waals surface area contributed by atoms with Gasteiger partial charge in [-0.3, -0.25) is 14.5 Å². The lowest BCUT2D eigenvalue weighted by Crippen LogP contribution is -2.49. The van der Waals surface area contributed by atoms with Gasteiger partial charge in [0.05, 0.1) is 11.8 Å². The molecule has 1 aromatic carbocycles. The summed E-state index contributed by atoms with van der Waals surface area (Å²) in [4.78, 5) is 25.9. The predicted molar refractivity (Wildman–Crippen MR) is 91.5 cm³/mol. The van der Waals surface area contributed by atoms with Crippen molar-refractivity contribution in [2.45, 2.75) is 19.1 Å². The van der Waals surface area contributed by atoms with Crippen LogP contribution in [0.15, 0.2) is 24.3 Å². The van der Waals surface area contributed by atoms with E-state index in [4.69, 9.17) is 4.74 Å². The molecule has 8 heteroatoms. The second kappa shape index (κ2) is 7.83. The largest absolute Gasteiger partial charge is 0.479 e. The third kappa shape index (κ3) is 3.80. The Morgan fingerprint density at radius 1 is 1.42 bits per heavy atom. The first-order chi connectivity index (χ1) is 11.1. The minimum Gasteiger partial charge on any atom is -0.479 e. The van der Waals surface area contributed by atoms with E-state index in [0.717, 1.165) is 0 Å². The number of para-hydroxylation sites is 2. The molecular weight excluding hydrogens is 334 g/mol. The molecule has 0 saturated carbocycles. The molecule has 2 aliphatic heterocycles. The summed E-state index contributed by atoms with van der Waals surface area (Å²) >= 11 is 0. The molecular formula is C16H22ClN3O4. The van der Waals surface area contributed by atoms with Gasteiger partial charge in [0.1, 0.15) is 12.3 Å². The van der Waals surface area contributed by atoms with Crippen molar-refractivity contribution in [1.82, 2.24) is 10.6 Å². The molecule has 3 unspecified atom stereocenters. The van der Waals surface area contributed by atoms with Crippen LogP contribution < -0.4 is 20.3 Å². The Morgan fingerprint density at radius 3 is 2.88 bits per heavy atom. The van der Waals surface area contributed by atoms with Gasteiger partial charge in [-0.1, -0.05) is 12.1 Å². The number of nitrogens with zero attached hydrogens (tertiary/aromatic N) is 1. The molecule has 3 atom stereocenters. The number of hydrogen-bond donors (Lipinski definition) is 3. The molecule has 2 aliphatic rings. The highest BCUT2D eigenvalue weighted by molar-refractivity contribution is 6.03. The van der Waals surface area contributed by atoms with Crippen molar-refractivity contribution < 1.29 is 19.4 Å². The third-order valence-corrected chi connectivity index (χ3v) is 4.24. The van der Waals surface area contributed by atoms with E-state index in [1.54, 1.807) is 25.1 Å². The molecule has 24 heavy (non-hydrogen) atoms. The minimum atomic E-state index is -0.612. The average molecular weight is 356 g/mol. The van der Waals surface area contributed by atoms with Crippen LogP contribution in [0.25, 0.3) is 0 Å². The number of aliphatic hydroxyl groups excluding tert-OH is 1. The molecule has 2 amide bonds. The highest BCUT2D eigenvalue weighted by atomic mass is 35.5. The number of anilines is 1. The molecule has 7 nitrogen and oxygen atoms in total. The lowest BCUT2D eigenvalue weighted by atomic mass is 10.1. The number of benzene rings is 1. The number of fused-ring (bicyclic) bond motifs is 1. The number of hydrogen-bond acceptors (Lipinski definition) is 5. The van der Waals surface area contributed by atoms with Crippen molar-refractivity contribution in [2.75, 3.05) is 31.1 Å². The smallest absolute Gasteiger partial charge is 0.268 e. The number of halogens is 1. The van der Waals surface area contributed by atoms with Crippen molar-refractivity contribution in [2.24, 2.45) is 5.92 Å². The van der Waals surface area contributed by atoms with Crippen LogP contribution in [0.4, 0.5) is 5.69 Å². The molecule has 0 radical (unpaired) electrons. The topological polar surface area (TPSA) is 90.9 Å². The van der Waals surface area contributed by atoms with Gasteiger partial charge < -0.3 is 20.5 Å². The Hall–Kier alpha value is -1.83. The molecule has 0 aromatic heterocycles. The van der Waals surface area contributed by atoms with E-state index in [1.807, 2.05) is 6.07 Å². The first-order valence-corrected chi connectivity index (χ1v) is 7.79. The van der Waals surface area contributed by atoms with E-state index in [9.17, 15) is 14.7 Å². The van der Waals surface area contributed by atoms with Gasteiger partial charge in [-0.05, 0) is 19.1 Å². The molecule has 0 aliphatic carbocycles. The van der Waals surface area contributed by atoms with Gasteiger partial charge in [-0.15, -0.1) is 12.4 Å². The second-order valence-electron chi connectivity index (χ2n) is 5.94. The van der Waals surface area contributed by atoms with Crippen LogP contribution >= 0.6 is 12.4 Å². The maximum Gasteiger partial charge on any atom is 0.268 e. The second-order valence-corrected chi connectivity index (χ2v) is 5.94. The van der Waals surface area contributed by atoms with Gasteiger partial charge >= 0.3 is 0 Å². The molecule has 1 saturated heterocycles. The molecule has 132 valence electrons. The van der Waals surface area contributed by atoms with Crippen molar-refractivity contribution >= 4 is 29.9 Å². The zero-order valence-corrected chi connectivity index (χ0v) is 14.2. The molecule has 0 bridgehead atoms. The highest BCUT2D eigenvalue weighted by Gasteiger charge is 2.33. The maximum absolute atomic E-state index is 12.3. The number of rotatable bonds is 4. The van der Waals surface area contributed by atoms with Crippen LogP contribution in [0.2, 0.25) is 0 Å². The summed E-state index contributed by atoms with van der Waals surface area (Å²) in [7, 11) is 0. The van der Waals surface area contributed by atoms with Crippen LogP contribution in [-0.2, 0) is 9.59 Å². The first kappa shape index (κ1) is 18.5. The van der Waals surface area contributed by atoms with Gasteiger partial charge in [-0.2, -0.15) is 0 Å². The lowest BCUT2D eigenvalue weighted by Gasteiger charge is -2.32. The Bertz CT molecular complexity index is 613. The minimum absolute atomic E-state index is 0. The van der Waals surface area contributed by atoms with E-state index in [-0.39, 0.29) is 36.7 Å². The van der Waals surface area contributed by atoms with Crippen molar-refractivity contribution in [3.05, 3.63) is 24.3 Å². The highest BCUT2D eigenvalue weighted by Crippen LogP contribution is 2.33. The summed E-state index contributed by atoms with van der Waals surface area (Å²) in [5.41, 5.74) is 0.605. The Kier molecular flexibility index (Phi) is 6.04. The third-order valence-electron chi connectivity index (χ3n) is 4.24. The van der Waals surface area contributed by atoms with Gasteiger partial charge in [0.2, 0.25) is 5.91 Å². The summed E-state index contributed by atoms with van der Waals surface area (Å²) in [6, 6.07) is 7.17. The Labute approximate surface area is 146 Å². The number of carbonyl (C=O) groups excluding carboxylic acids is 2. The summed E-state index contributed by atoms with van der Waals surface area (Å²) in [6.45, 7) is 3.23. The number of ether oxygens (including phenoxy) is 1. The molecule has 2 heterocycles. The van der Waals surface area contributed by atoms with Crippen LogP contribution in [-0.4, -0.2) is 55.3 Å². The average Bonchev–Trinajstić information content (AvgIpc) is 2.95. The molecule has 1 aromatic rings. The zero-order chi connectivity index (χ0) is 16.4. The Morgan fingerprint density at radius 2 is 2.17 bits per heavy atom. The van der Waals surface area contributed by atoms with Crippen LogP contribution in [0.1, 0.15) is 6.92 Å². The van der Waals surface area contributed by atoms with E-state index in [1.165, 1.54) is 4.90 Å². The first-order valence-electron chi connectivity index (χ1n) is 7.79. The number of carbonyl (C=O) groups is 2. The standard InChI is InChI=1S/C16H21N3O4.ClH/c1-10-16(22)19(12-4-2-3-5-14(12)23-10)9-15(21)18-7-11-6-17-8-13(11)20;/h2-5,10-11,13,17,20H,6-9H2,1H3,(H,18,21);1H. The number of aliphatic hydroxyl groups is 1. The van der Waals surface area contributed by atoms with E-state index in [2.05, 4.69) is 10.6 Å². The van der Waals surface area contributed by atoms with E-state index < -0.39 is 12.2 Å². The Balaban J connectivity index is 0.00000208. The quantitative estimate of drug-likeness (QED) is 0.702. The number of nitrogens with one attached hydrogen (secondary N) is 2. The summed E-state index contributed by atoms with van der Waals surface area (Å²) in [6.07, 6.45) is -1.06. The normalized spacial score (nSPS) is 25.5. The van der Waals surface area contributed by atoms with Crippen LogP contribution in [0, 0.1) is 5.92 Å².